The molecule has 1 N–H and O–H groups in total. The number of likely N-dealkylation sites (tertiary alicyclic amines) is 1. The third-order valence-corrected chi connectivity index (χ3v) is 5.43. The Morgan fingerprint density at radius 2 is 1.91 bits per heavy atom. The summed E-state index contributed by atoms with van der Waals surface area (Å²) in [4.78, 5) is 38.0. The number of carbonyl (C=O) groups is 2. The molecule has 1 aliphatic rings. The Morgan fingerprint density at radius 1 is 1.15 bits per heavy atom. The van der Waals surface area contributed by atoms with Crippen LogP contribution in [-0.4, -0.2) is 33.7 Å². The van der Waals surface area contributed by atoms with Gasteiger partial charge in [-0.3, -0.25) is 19.7 Å². The number of nitro groups is 1. The van der Waals surface area contributed by atoms with Gasteiger partial charge in [-0.1, -0.05) is 30.3 Å². The van der Waals surface area contributed by atoms with E-state index in [-0.39, 0.29) is 29.1 Å². The lowest BCUT2D eigenvalue weighted by Gasteiger charge is -2.24. The van der Waals surface area contributed by atoms with Gasteiger partial charge in [-0.25, -0.2) is 0 Å². The van der Waals surface area contributed by atoms with Crippen LogP contribution in [0.15, 0.2) is 70.7 Å². The van der Waals surface area contributed by atoms with E-state index in [1.807, 2.05) is 0 Å². The van der Waals surface area contributed by atoms with E-state index in [2.05, 4.69) is 0 Å². The van der Waals surface area contributed by atoms with Crippen LogP contribution in [0, 0.1) is 17.0 Å². The predicted octanol–water partition coefficient (Wildman–Crippen LogP) is 4.13. The SMILES string of the molecule is COc1ccccc1CN1C(=O)C(=O)/C(=C(/O)c2cccc([N+](=O)[O-])c2)C1c1ccc(C)o1. The number of furan rings is 1. The normalized spacial score (nSPS) is 17.4. The molecule has 2 aromatic carbocycles. The highest BCUT2D eigenvalue weighted by atomic mass is 16.6. The maximum Gasteiger partial charge on any atom is 0.296 e. The molecule has 168 valence electrons. The number of aliphatic hydroxyl groups is 1. The molecule has 1 aliphatic heterocycles. The van der Waals surface area contributed by atoms with Crippen molar-refractivity contribution >= 4 is 23.1 Å². The molecule has 9 nitrogen and oxygen atoms in total. The fraction of sp³-hybridized carbons (Fsp3) is 0.167. The minimum Gasteiger partial charge on any atom is -0.507 e. The maximum atomic E-state index is 13.1. The van der Waals surface area contributed by atoms with Gasteiger partial charge in [-0.2, -0.15) is 0 Å². The van der Waals surface area contributed by atoms with Gasteiger partial charge in [-0.05, 0) is 25.1 Å². The molecule has 2 heterocycles. The second-order valence-corrected chi connectivity index (χ2v) is 7.49. The van der Waals surface area contributed by atoms with Crippen molar-refractivity contribution in [2.45, 2.75) is 19.5 Å². The molecule has 0 aliphatic carbocycles. The second kappa shape index (κ2) is 8.62. The summed E-state index contributed by atoms with van der Waals surface area (Å²) in [6.45, 7) is 1.74. The molecule has 9 heteroatoms. The molecule has 1 unspecified atom stereocenters. The van der Waals surface area contributed by atoms with Crippen LogP contribution < -0.4 is 4.74 Å². The number of methoxy groups -OCH3 is 1. The Labute approximate surface area is 188 Å². The third-order valence-electron chi connectivity index (χ3n) is 5.43. The Morgan fingerprint density at radius 3 is 2.58 bits per heavy atom. The summed E-state index contributed by atoms with van der Waals surface area (Å²) in [5, 5.41) is 22.2. The first-order chi connectivity index (χ1) is 15.8. The van der Waals surface area contributed by atoms with E-state index in [4.69, 9.17) is 9.15 Å². The summed E-state index contributed by atoms with van der Waals surface area (Å²) < 4.78 is 11.1. The second-order valence-electron chi connectivity index (χ2n) is 7.49. The fourth-order valence-corrected chi connectivity index (χ4v) is 3.88. The maximum absolute atomic E-state index is 13.1. The minimum absolute atomic E-state index is 0.0186. The zero-order valence-electron chi connectivity index (χ0n) is 17.8. The third kappa shape index (κ3) is 3.96. The highest BCUT2D eigenvalue weighted by Gasteiger charge is 2.47. The molecule has 0 radical (unpaired) electrons. The Kier molecular flexibility index (Phi) is 5.70. The first-order valence-corrected chi connectivity index (χ1v) is 10.0. The van der Waals surface area contributed by atoms with Crippen LogP contribution in [0.3, 0.4) is 0 Å². The number of para-hydroxylation sites is 1. The first-order valence-electron chi connectivity index (χ1n) is 10.0. The number of aliphatic hydroxyl groups excluding tert-OH is 1. The topological polar surface area (TPSA) is 123 Å². The van der Waals surface area contributed by atoms with Crippen LogP contribution in [0.2, 0.25) is 0 Å². The minimum atomic E-state index is -1.03. The highest BCUT2D eigenvalue weighted by Crippen LogP contribution is 2.41. The molecule has 1 fully saturated rings. The molecule has 4 rings (SSSR count). The number of ether oxygens (including phenoxy) is 1. The predicted molar refractivity (Wildman–Crippen MR) is 117 cm³/mol. The summed E-state index contributed by atoms with van der Waals surface area (Å²) in [5.41, 5.74) is 0.246. The molecule has 3 aromatic rings. The van der Waals surface area contributed by atoms with Crippen LogP contribution in [0.25, 0.3) is 5.76 Å². The molecular weight excluding hydrogens is 428 g/mol. The van der Waals surface area contributed by atoms with Gasteiger partial charge in [0.2, 0.25) is 0 Å². The van der Waals surface area contributed by atoms with E-state index < -0.39 is 28.4 Å². The number of benzene rings is 2. The van der Waals surface area contributed by atoms with Gasteiger partial charge in [0.1, 0.15) is 29.1 Å². The van der Waals surface area contributed by atoms with Crippen molar-refractivity contribution in [3.05, 3.63) is 99.0 Å². The number of amides is 1. The zero-order valence-corrected chi connectivity index (χ0v) is 17.8. The Hall–Kier alpha value is -4.40. The van der Waals surface area contributed by atoms with Gasteiger partial charge in [0.05, 0.1) is 24.2 Å². The van der Waals surface area contributed by atoms with Crippen molar-refractivity contribution in [3.8, 4) is 5.75 Å². The van der Waals surface area contributed by atoms with Gasteiger partial charge in [-0.15, -0.1) is 0 Å². The molecule has 1 aromatic heterocycles. The molecule has 0 spiro atoms. The zero-order chi connectivity index (χ0) is 23.7. The van der Waals surface area contributed by atoms with Gasteiger partial charge in [0.15, 0.2) is 0 Å². The van der Waals surface area contributed by atoms with Gasteiger partial charge < -0.3 is 19.2 Å². The number of carbonyl (C=O) groups excluding carboxylic acids is 2. The number of rotatable bonds is 6. The van der Waals surface area contributed by atoms with E-state index in [9.17, 15) is 24.8 Å². The molecule has 1 atom stereocenters. The molecular formula is C24H20N2O7. The molecule has 0 saturated carbocycles. The number of Topliss-reactive ketones (excluding diaryl/α,β-unsaturated/α-hetero) is 1. The molecule has 0 bridgehead atoms. The Balaban J connectivity index is 1.87. The summed E-state index contributed by atoms with van der Waals surface area (Å²) in [5.74, 6) is -0.872. The van der Waals surface area contributed by atoms with Crippen molar-refractivity contribution in [2.75, 3.05) is 7.11 Å². The summed E-state index contributed by atoms with van der Waals surface area (Å²) in [6, 6.07) is 14.6. The number of non-ortho nitro benzene ring substituents is 1. The smallest absolute Gasteiger partial charge is 0.296 e. The van der Waals surface area contributed by atoms with Crippen LogP contribution in [0.1, 0.15) is 28.7 Å². The van der Waals surface area contributed by atoms with E-state index in [0.29, 0.717) is 17.1 Å². The lowest BCUT2D eigenvalue weighted by molar-refractivity contribution is -0.384. The highest BCUT2D eigenvalue weighted by molar-refractivity contribution is 6.46. The van der Waals surface area contributed by atoms with E-state index >= 15 is 0 Å². The molecule has 1 saturated heterocycles. The van der Waals surface area contributed by atoms with Crippen LogP contribution in [-0.2, 0) is 16.1 Å². The number of ketones is 1. The Bertz CT molecular complexity index is 1290. The van der Waals surface area contributed by atoms with Crippen molar-refractivity contribution in [2.24, 2.45) is 0 Å². The first kappa shape index (κ1) is 21.8. The van der Waals surface area contributed by atoms with Crippen molar-refractivity contribution < 1.29 is 28.8 Å². The quantitative estimate of drug-likeness (QED) is 0.198. The average molecular weight is 448 g/mol. The molecule has 33 heavy (non-hydrogen) atoms. The standard InChI is InChI=1S/C24H20N2O7/c1-14-10-11-19(33-14)21-20(22(27)15-7-5-8-17(12-15)26(30)31)23(28)24(29)25(21)13-16-6-3-4-9-18(16)32-2/h3-12,21,27H,13H2,1-2H3/b22-20+. The number of nitro benzene ring substituents is 1. The van der Waals surface area contributed by atoms with E-state index in [1.165, 1.54) is 30.2 Å². The van der Waals surface area contributed by atoms with Crippen molar-refractivity contribution in [1.29, 1.82) is 0 Å². The van der Waals surface area contributed by atoms with Gasteiger partial charge >= 0.3 is 0 Å². The number of nitrogens with zero attached hydrogens (tertiary/aromatic N) is 2. The largest absolute Gasteiger partial charge is 0.507 e. The van der Waals surface area contributed by atoms with E-state index in [0.717, 1.165) is 6.07 Å². The number of hydrogen-bond donors (Lipinski definition) is 1. The average Bonchev–Trinajstić information content (AvgIpc) is 3.35. The van der Waals surface area contributed by atoms with Gasteiger partial charge in [0.25, 0.3) is 17.4 Å². The van der Waals surface area contributed by atoms with Crippen LogP contribution in [0.4, 0.5) is 5.69 Å². The summed E-state index contributed by atoms with van der Waals surface area (Å²) in [6.07, 6.45) is 0. The number of hydrogen-bond acceptors (Lipinski definition) is 7. The fourth-order valence-electron chi connectivity index (χ4n) is 3.88. The van der Waals surface area contributed by atoms with Gasteiger partial charge in [0, 0.05) is 23.3 Å². The van der Waals surface area contributed by atoms with Crippen molar-refractivity contribution in [1.82, 2.24) is 4.90 Å². The monoisotopic (exact) mass is 448 g/mol. The van der Waals surface area contributed by atoms with Crippen molar-refractivity contribution in [3.63, 3.8) is 0 Å². The summed E-state index contributed by atoms with van der Waals surface area (Å²) in [7, 11) is 1.50. The lowest BCUT2D eigenvalue weighted by Crippen LogP contribution is -2.29. The number of aryl methyl sites for hydroxylation is 1. The lowest BCUT2D eigenvalue weighted by atomic mass is 9.99. The van der Waals surface area contributed by atoms with E-state index in [1.54, 1.807) is 43.3 Å². The molecule has 1 amide bonds. The summed E-state index contributed by atoms with van der Waals surface area (Å²) >= 11 is 0. The van der Waals surface area contributed by atoms with Crippen LogP contribution >= 0.6 is 0 Å². The van der Waals surface area contributed by atoms with Crippen LogP contribution in [0.5, 0.6) is 5.75 Å².